The first-order valence-corrected chi connectivity index (χ1v) is 8.42. The van der Waals surface area contributed by atoms with Crippen molar-refractivity contribution in [1.82, 2.24) is 15.1 Å². The summed E-state index contributed by atoms with van der Waals surface area (Å²) in [5.41, 5.74) is 1.15. The van der Waals surface area contributed by atoms with E-state index < -0.39 is 0 Å². The van der Waals surface area contributed by atoms with Crippen LogP contribution in [-0.4, -0.2) is 55.1 Å². The summed E-state index contributed by atoms with van der Waals surface area (Å²) < 4.78 is 0. The van der Waals surface area contributed by atoms with Crippen molar-refractivity contribution in [2.45, 2.75) is 20.3 Å². The highest BCUT2D eigenvalue weighted by atomic mass is 35.5. The summed E-state index contributed by atoms with van der Waals surface area (Å²) in [5, 5.41) is 3.74. The second-order valence-corrected chi connectivity index (χ2v) is 6.73. The van der Waals surface area contributed by atoms with Gasteiger partial charge in [0.2, 0.25) is 0 Å². The van der Waals surface area contributed by atoms with Gasteiger partial charge in [-0.15, -0.1) is 0 Å². The fourth-order valence-electron chi connectivity index (χ4n) is 2.77. The minimum Gasteiger partial charge on any atom is -0.338 e. The molecule has 22 heavy (non-hydrogen) atoms. The molecule has 2 rings (SSSR count). The van der Waals surface area contributed by atoms with Crippen LogP contribution in [0.25, 0.3) is 0 Å². The highest BCUT2D eigenvalue weighted by Gasteiger charge is 2.20. The number of benzene rings is 1. The molecule has 0 radical (unpaired) electrons. The molecule has 0 aliphatic carbocycles. The lowest BCUT2D eigenvalue weighted by atomic mass is 10.1. The summed E-state index contributed by atoms with van der Waals surface area (Å²) in [7, 11) is 0. The molecule has 0 bridgehead atoms. The summed E-state index contributed by atoms with van der Waals surface area (Å²) in [4.78, 5) is 16.5. The maximum Gasteiger partial charge on any atom is 0.317 e. The Labute approximate surface area is 138 Å². The van der Waals surface area contributed by atoms with Crippen molar-refractivity contribution in [3.05, 3.63) is 34.9 Å². The van der Waals surface area contributed by atoms with Gasteiger partial charge in [0.25, 0.3) is 0 Å². The first-order chi connectivity index (χ1) is 10.5. The van der Waals surface area contributed by atoms with Gasteiger partial charge in [-0.1, -0.05) is 37.6 Å². The number of hydrogen-bond donors (Lipinski definition) is 1. The van der Waals surface area contributed by atoms with E-state index in [2.05, 4.69) is 24.1 Å². The number of carbonyl (C=O) groups is 1. The molecule has 4 nitrogen and oxygen atoms in total. The molecule has 0 aromatic heterocycles. The number of hydrogen-bond acceptors (Lipinski definition) is 2. The lowest BCUT2D eigenvalue weighted by Crippen LogP contribution is -2.52. The Balaban J connectivity index is 1.68. The lowest BCUT2D eigenvalue weighted by Gasteiger charge is -2.35. The van der Waals surface area contributed by atoms with E-state index in [4.69, 9.17) is 11.6 Å². The van der Waals surface area contributed by atoms with Crippen molar-refractivity contribution in [2.24, 2.45) is 5.92 Å². The molecule has 1 aliphatic heterocycles. The number of nitrogens with zero attached hydrogens (tertiary/aromatic N) is 2. The lowest BCUT2D eigenvalue weighted by molar-refractivity contribution is 0.131. The Kier molecular flexibility index (Phi) is 6.52. The molecule has 1 aromatic carbocycles. The molecule has 1 saturated heterocycles. The zero-order valence-electron chi connectivity index (χ0n) is 13.5. The highest BCUT2D eigenvalue weighted by Crippen LogP contribution is 2.11. The molecule has 1 heterocycles. The van der Waals surface area contributed by atoms with Gasteiger partial charge in [-0.2, -0.15) is 0 Å². The smallest absolute Gasteiger partial charge is 0.317 e. The van der Waals surface area contributed by atoms with E-state index in [9.17, 15) is 4.79 Å². The van der Waals surface area contributed by atoms with Crippen LogP contribution >= 0.6 is 11.6 Å². The first-order valence-electron chi connectivity index (χ1n) is 8.04. The van der Waals surface area contributed by atoms with E-state index in [1.807, 2.05) is 29.2 Å². The van der Waals surface area contributed by atoms with Gasteiger partial charge in [0.05, 0.1) is 0 Å². The van der Waals surface area contributed by atoms with Crippen LogP contribution in [0.2, 0.25) is 5.02 Å². The second-order valence-electron chi connectivity index (χ2n) is 6.29. The van der Waals surface area contributed by atoms with Gasteiger partial charge in [0, 0.05) is 44.3 Å². The van der Waals surface area contributed by atoms with E-state index in [0.717, 1.165) is 49.7 Å². The van der Waals surface area contributed by atoms with E-state index in [1.165, 1.54) is 0 Å². The maximum atomic E-state index is 12.2. The molecular formula is C17H26ClN3O. The second kappa shape index (κ2) is 8.39. The first kappa shape index (κ1) is 17.1. The number of amides is 2. The molecule has 0 spiro atoms. The van der Waals surface area contributed by atoms with Gasteiger partial charge >= 0.3 is 6.03 Å². The zero-order valence-corrected chi connectivity index (χ0v) is 14.3. The summed E-state index contributed by atoms with van der Waals surface area (Å²) in [5.74, 6) is 0.679. The summed E-state index contributed by atoms with van der Waals surface area (Å²) in [6.45, 7) is 9.80. The molecule has 1 N–H and O–H groups in total. The van der Waals surface area contributed by atoms with Crippen LogP contribution in [-0.2, 0) is 6.42 Å². The van der Waals surface area contributed by atoms with Crippen molar-refractivity contribution < 1.29 is 4.79 Å². The number of nitrogens with one attached hydrogen (secondary N) is 1. The topological polar surface area (TPSA) is 35.6 Å². The quantitative estimate of drug-likeness (QED) is 0.904. The third kappa shape index (κ3) is 5.50. The van der Waals surface area contributed by atoms with Crippen molar-refractivity contribution in [2.75, 3.05) is 39.3 Å². The Hall–Kier alpha value is -1.26. The highest BCUT2D eigenvalue weighted by molar-refractivity contribution is 6.30. The van der Waals surface area contributed by atoms with Crippen LogP contribution in [0.3, 0.4) is 0 Å². The van der Waals surface area contributed by atoms with Crippen molar-refractivity contribution in [1.29, 1.82) is 0 Å². The molecule has 0 atom stereocenters. The monoisotopic (exact) mass is 323 g/mol. The SMILES string of the molecule is CC(C)CN1CCN(C(=O)NCCc2cccc(Cl)c2)CC1. The van der Waals surface area contributed by atoms with Gasteiger partial charge in [-0.3, -0.25) is 4.90 Å². The van der Waals surface area contributed by atoms with E-state index in [-0.39, 0.29) is 6.03 Å². The van der Waals surface area contributed by atoms with E-state index in [1.54, 1.807) is 0 Å². The number of rotatable bonds is 5. The van der Waals surface area contributed by atoms with Gasteiger partial charge in [-0.05, 0) is 30.0 Å². The fourth-order valence-corrected chi connectivity index (χ4v) is 2.98. The third-order valence-electron chi connectivity index (χ3n) is 3.86. The minimum absolute atomic E-state index is 0.0474. The Morgan fingerprint density at radius 2 is 2.00 bits per heavy atom. The number of carbonyl (C=O) groups excluding carboxylic acids is 1. The molecule has 122 valence electrons. The van der Waals surface area contributed by atoms with Crippen LogP contribution in [0.4, 0.5) is 4.79 Å². The van der Waals surface area contributed by atoms with Crippen LogP contribution in [0.15, 0.2) is 24.3 Å². The average Bonchev–Trinajstić information content (AvgIpc) is 2.47. The van der Waals surface area contributed by atoms with Crippen molar-refractivity contribution in [3.8, 4) is 0 Å². The van der Waals surface area contributed by atoms with Gasteiger partial charge in [-0.25, -0.2) is 4.79 Å². The number of urea groups is 1. The molecule has 2 amide bonds. The van der Waals surface area contributed by atoms with Gasteiger partial charge in [0.1, 0.15) is 0 Å². The predicted molar refractivity (Wildman–Crippen MR) is 91.4 cm³/mol. The van der Waals surface area contributed by atoms with Crippen molar-refractivity contribution >= 4 is 17.6 Å². The minimum atomic E-state index is 0.0474. The maximum absolute atomic E-state index is 12.2. The normalized spacial score (nSPS) is 16.1. The van der Waals surface area contributed by atoms with Gasteiger partial charge in [0.15, 0.2) is 0 Å². The molecular weight excluding hydrogens is 298 g/mol. The Morgan fingerprint density at radius 1 is 1.27 bits per heavy atom. The molecule has 1 fully saturated rings. The summed E-state index contributed by atoms with van der Waals surface area (Å²) >= 11 is 5.96. The Morgan fingerprint density at radius 3 is 2.64 bits per heavy atom. The number of halogens is 1. The van der Waals surface area contributed by atoms with Crippen molar-refractivity contribution in [3.63, 3.8) is 0 Å². The van der Waals surface area contributed by atoms with E-state index in [0.29, 0.717) is 12.5 Å². The van der Waals surface area contributed by atoms with Crippen LogP contribution in [0.1, 0.15) is 19.4 Å². The van der Waals surface area contributed by atoms with Crippen LogP contribution in [0, 0.1) is 5.92 Å². The molecule has 5 heteroatoms. The molecule has 1 aliphatic rings. The summed E-state index contributed by atoms with van der Waals surface area (Å²) in [6, 6.07) is 7.82. The molecule has 0 saturated carbocycles. The average molecular weight is 324 g/mol. The third-order valence-corrected chi connectivity index (χ3v) is 4.10. The number of piperazine rings is 1. The van der Waals surface area contributed by atoms with E-state index >= 15 is 0 Å². The van der Waals surface area contributed by atoms with Crippen LogP contribution in [0.5, 0.6) is 0 Å². The van der Waals surface area contributed by atoms with Gasteiger partial charge < -0.3 is 10.2 Å². The van der Waals surface area contributed by atoms with Crippen LogP contribution < -0.4 is 5.32 Å². The Bertz CT molecular complexity index is 485. The molecule has 1 aromatic rings. The largest absolute Gasteiger partial charge is 0.338 e. The summed E-state index contributed by atoms with van der Waals surface area (Å²) in [6.07, 6.45) is 0.805. The predicted octanol–water partition coefficient (Wildman–Crippen LogP) is 2.87. The fraction of sp³-hybridized carbons (Fsp3) is 0.588. The molecule has 0 unspecified atom stereocenters. The zero-order chi connectivity index (χ0) is 15.9. The standard InChI is InChI=1S/C17H26ClN3O/c1-14(2)13-20-8-10-21(11-9-20)17(22)19-7-6-15-4-3-5-16(18)12-15/h3-5,12,14H,6-11,13H2,1-2H3,(H,19,22).